The standard InChI is InChI=1S/C20H34F2N2O/c1-3-16-5-8-19(9-6-16)10-13-23(14-11-19)17-7-12-24(18(25)4-2)15-20(17,21)22/h16-17H,3-15H2,1-2H3. The Labute approximate surface area is 151 Å². The first kappa shape index (κ1) is 19.1. The molecule has 1 spiro atoms. The summed E-state index contributed by atoms with van der Waals surface area (Å²) < 4.78 is 29.4. The van der Waals surface area contributed by atoms with E-state index in [0.717, 1.165) is 31.8 Å². The van der Waals surface area contributed by atoms with Gasteiger partial charge >= 0.3 is 0 Å². The van der Waals surface area contributed by atoms with E-state index in [-0.39, 0.29) is 5.91 Å². The minimum Gasteiger partial charge on any atom is -0.337 e. The van der Waals surface area contributed by atoms with Crippen molar-refractivity contribution in [3.05, 3.63) is 0 Å². The van der Waals surface area contributed by atoms with Gasteiger partial charge in [-0.05, 0) is 69.4 Å². The predicted molar refractivity (Wildman–Crippen MR) is 95.7 cm³/mol. The fourth-order valence-electron chi connectivity index (χ4n) is 5.32. The third-order valence-corrected chi connectivity index (χ3v) is 7.26. The first-order chi connectivity index (χ1) is 11.9. The summed E-state index contributed by atoms with van der Waals surface area (Å²) in [6.45, 7) is 5.71. The Morgan fingerprint density at radius 3 is 2.16 bits per heavy atom. The van der Waals surface area contributed by atoms with Crippen LogP contribution in [0.15, 0.2) is 0 Å². The second kappa shape index (κ2) is 7.50. The zero-order valence-electron chi connectivity index (χ0n) is 15.9. The quantitative estimate of drug-likeness (QED) is 0.752. The summed E-state index contributed by atoms with van der Waals surface area (Å²) in [5, 5.41) is 0. The van der Waals surface area contributed by atoms with Gasteiger partial charge in [0.05, 0.1) is 12.6 Å². The van der Waals surface area contributed by atoms with Crippen LogP contribution in [0.1, 0.15) is 71.6 Å². The molecule has 1 atom stereocenters. The molecule has 0 radical (unpaired) electrons. The Kier molecular flexibility index (Phi) is 5.72. The van der Waals surface area contributed by atoms with E-state index in [1.54, 1.807) is 6.92 Å². The van der Waals surface area contributed by atoms with E-state index in [0.29, 0.717) is 24.8 Å². The highest BCUT2D eigenvalue weighted by Gasteiger charge is 2.50. The molecule has 2 heterocycles. The van der Waals surface area contributed by atoms with E-state index in [9.17, 15) is 13.6 Å². The molecule has 2 aliphatic heterocycles. The van der Waals surface area contributed by atoms with Crippen LogP contribution in [0.4, 0.5) is 8.78 Å². The van der Waals surface area contributed by atoms with Crippen LogP contribution in [-0.2, 0) is 4.79 Å². The molecule has 3 fully saturated rings. The van der Waals surface area contributed by atoms with Crippen LogP contribution in [0.25, 0.3) is 0 Å². The Balaban J connectivity index is 1.55. The van der Waals surface area contributed by atoms with Crippen molar-refractivity contribution in [1.82, 2.24) is 9.80 Å². The van der Waals surface area contributed by atoms with E-state index in [2.05, 4.69) is 6.92 Å². The second-order valence-corrected chi connectivity index (χ2v) is 8.62. The molecular weight excluding hydrogens is 322 g/mol. The van der Waals surface area contributed by atoms with Gasteiger partial charge in [0.15, 0.2) is 0 Å². The fourth-order valence-corrected chi connectivity index (χ4v) is 5.32. The molecule has 5 heteroatoms. The normalized spacial score (nSPS) is 30.6. The molecule has 1 unspecified atom stereocenters. The van der Waals surface area contributed by atoms with Crippen molar-refractivity contribution in [2.24, 2.45) is 11.3 Å². The summed E-state index contributed by atoms with van der Waals surface area (Å²) in [5.41, 5.74) is 0.427. The molecule has 3 aliphatic rings. The summed E-state index contributed by atoms with van der Waals surface area (Å²) in [7, 11) is 0. The maximum absolute atomic E-state index is 14.7. The summed E-state index contributed by atoms with van der Waals surface area (Å²) in [5.74, 6) is -2.05. The van der Waals surface area contributed by atoms with E-state index < -0.39 is 18.5 Å². The maximum Gasteiger partial charge on any atom is 0.280 e. The smallest absolute Gasteiger partial charge is 0.280 e. The zero-order chi connectivity index (χ0) is 18.1. The van der Waals surface area contributed by atoms with Crippen molar-refractivity contribution >= 4 is 5.91 Å². The number of hydrogen-bond donors (Lipinski definition) is 0. The van der Waals surface area contributed by atoms with Crippen molar-refractivity contribution in [3.8, 4) is 0 Å². The SMILES string of the molecule is CCC(=O)N1CCC(N2CCC3(CCC(CC)CC3)CC2)C(F)(F)C1. The second-order valence-electron chi connectivity index (χ2n) is 8.62. The monoisotopic (exact) mass is 356 g/mol. The summed E-state index contributed by atoms with van der Waals surface area (Å²) in [4.78, 5) is 15.2. The number of hydrogen-bond acceptors (Lipinski definition) is 2. The minimum atomic E-state index is -2.78. The van der Waals surface area contributed by atoms with Gasteiger partial charge in [0.2, 0.25) is 5.91 Å². The molecule has 0 aromatic rings. The first-order valence-corrected chi connectivity index (χ1v) is 10.3. The average Bonchev–Trinajstić information content (AvgIpc) is 2.62. The lowest BCUT2D eigenvalue weighted by Gasteiger charge is -2.50. The Hall–Kier alpha value is -0.710. The van der Waals surface area contributed by atoms with Crippen LogP contribution in [0.2, 0.25) is 0 Å². The Morgan fingerprint density at radius 1 is 1.00 bits per heavy atom. The summed E-state index contributed by atoms with van der Waals surface area (Å²) in [6.07, 6.45) is 9.38. The third kappa shape index (κ3) is 4.01. The average molecular weight is 357 g/mol. The van der Waals surface area contributed by atoms with E-state index in [1.165, 1.54) is 37.0 Å². The lowest BCUT2D eigenvalue weighted by Crippen LogP contribution is -2.61. The van der Waals surface area contributed by atoms with Crippen LogP contribution in [0, 0.1) is 11.3 Å². The first-order valence-electron chi connectivity index (χ1n) is 10.3. The largest absolute Gasteiger partial charge is 0.337 e. The number of halogens is 2. The third-order valence-electron chi connectivity index (χ3n) is 7.26. The van der Waals surface area contributed by atoms with Gasteiger partial charge in [-0.1, -0.05) is 20.3 Å². The molecular formula is C20H34F2N2O. The topological polar surface area (TPSA) is 23.6 Å². The molecule has 0 aromatic heterocycles. The van der Waals surface area contributed by atoms with Gasteiger partial charge in [0.25, 0.3) is 5.92 Å². The van der Waals surface area contributed by atoms with Crippen LogP contribution >= 0.6 is 0 Å². The summed E-state index contributed by atoms with van der Waals surface area (Å²) >= 11 is 0. The minimum absolute atomic E-state index is 0.150. The lowest BCUT2D eigenvalue weighted by molar-refractivity contribution is -0.158. The number of alkyl halides is 2. The summed E-state index contributed by atoms with van der Waals surface area (Å²) in [6, 6.07) is -0.683. The molecule has 144 valence electrons. The highest BCUT2D eigenvalue weighted by molar-refractivity contribution is 5.76. The van der Waals surface area contributed by atoms with Crippen LogP contribution in [-0.4, -0.2) is 53.9 Å². The van der Waals surface area contributed by atoms with E-state index in [1.807, 2.05) is 4.90 Å². The zero-order valence-corrected chi connectivity index (χ0v) is 15.9. The van der Waals surface area contributed by atoms with Gasteiger partial charge in [-0.2, -0.15) is 0 Å². The molecule has 3 nitrogen and oxygen atoms in total. The van der Waals surface area contributed by atoms with Gasteiger partial charge in [-0.25, -0.2) is 8.78 Å². The number of amides is 1. The maximum atomic E-state index is 14.7. The highest BCUT2D eigenvalue weighted by Crippen LogP contribution is 2.48. The molecule has 1 amide bonds. The molecule has 0 N–H and O–H groups in total. The van der Waals surface area contributed by atoms with Crippen LogP contribution in [0.3, 0.4) is 0 Å². The van der Waals surface area contributed by atoms with Gasteiger partial charge in [0.1, 0.15) is 0 Å². The van der Waals surface area contributed by atoms with Gasteiger partial charge in [-0.3, -0.25) is 9.69 Å². The van der Waals surface area contributed by atoms with Crippen molar-refractivity contribution in [1.29, 1.82) is 0 Å². The Bertz CT molecular complexity index is 464. The highest BCUT2D eigenvalue weighted by atomic mass is 19.3. The van der Waals surface area contributed by atoms with Crippen molar-refractivity contribution < 1.29 is 13.6 Å². The van der Waals surface area contributed by atoms with Gasteiger partial charge < -0.3 is 4.90 Å². The lowest BCUT2D eigenvalue weighted by atomic mass is 9.65. The van der Waals surface area contributed by atoms with E-state index in [4.69, 9.17) is 0 Å². The van der Waals surface area contributed by atoms with Crippen molar-refractivity contribution in [2.75, 3.05) is 26.2 Å². The van der Waals surface area contributed by atoms with Gasteiger partial charge in [0, 0.05) is 13.0 Å². The molecule has 25 heavy (non-hydrogen) atoms. The van der Waals surface area contributed by atoms with Crippen LogP contribution < -0.4 is 0 Å². The van der Waals surface area contributed by atoms with Crippen LogP contribution in [0.5, 0.6) is 0 Å². The van der Waals surface area contributed by atoms with Crippen molar-refractivity contribution in [3.63, 3.8) is 0 Å². The van der Waals surface area contributed by atoms with Crippen molar-refractivity contribution in [2.45, 2.75) is 83.6 Å². The number of carbonyl (C=O) groups excluding carboxylic acids is 1. The van der Waals surface area contributed by atoms with E-state index >= 15 is 0 Å². The molecule has 0 bridgehead atoms. The molecule has 3 rings (SSSR count). The number of carbonyl (C=O) groups is 1. The fraction of sp³-hybridized carbons (Fsp3) is 0.950. The number of likely N-dealkylation sites (tertiary alicyclic amines) is 2. The number of piperidine rings is 2. The molecule has 1 saturated carbocycles. The molecule has 1 aliphatic carbocycles. The number of nitrogens with zero attached hydrogens (tertiary/aromatic N) is 2. The van der Waals surface area contributed by atoms with Gasteiger partial charge in [-0.15, -0.1) is 0 Å². The predicted octanol–water partition coefficient (Wildman–Crippen LogP) is 4.32. The molecule has 0 aromatic carbocycles. The molecule has 2 saturated heterocycles. The number of rotatable bonds is 3. The Morgan fingerprint density at radius 2 is 1.64 bits per heavy atom.